The molecule has 0 radical (unpaired) electrons. The van der Waals surface area contributed by atoms with Gasteiger partial charge in [0, 0.05) is 19.3 Å². The Morgan fingerprint density at radius 2 is 2.11 bits per heavy atom. The SMILES string of the molecule is CC(CN1CCCC1)Cn1cc(Cl)cc1C(=O)O. The summed E-state index contributed by atoms with van der Waals surface area (Å²) < 4.78 is 1.74. The molecule has 18 heavy (non-hydrogen) atoms. The van der Waals surface area contributed by atoms with Crippen molar-refractivity contribution in [3.05, 3.63) is 23.0 Å². The summed E-state index contributed by atoms with van der Waals surface area (Å²) in [5.74, 6) is -0.500. The number of carboxylic acid groups (broad SMARTS) is 1. The first kappa shape index (κ1) is 13.4. The van der Waals surface area contributed by atoms with Crippen LogP contribution in [0.4, 0.5) is 0 Å². The largest absolute Gasteiger partial charge is 0.477 e. The van der Waals surface area contributed by atoms with Gasteiger partial charge in [-0.2, -0.15) is 0 Å². The number of nitrogens with zero attached hydrogens (tertiary/aromatic N) is 2. The highest BCUT2D eigenvalue weighted by Gasteiger charge is 2.17. The fraction of sp³-hybridized carbons (Fsp3) is 0.615. The molecule has 0 aliphatic carbocycles. The van der Waals surface area contributed by atoms with Crippen LogP contribution in [0.2, 0.25) is 5.02 Å². The molecule has 1 unspecified atom stereocenters. The molecule has 0 spiro atoms. The van der Waals surface area contributed by atoms with Crippen molar-refractivity contribution in [2.45, 2.75) is 26.3 Å². The summed E-state index contributed by atoms with van der Waals surface area (Å²) in [6.45, 7) is 6.21. The molecule has 1 aliphatic heterocycles. The maximum atomic E-state index is 11.1. The lowest BCUT2D eigenvalue weighted by Gasteiger charge is -2.21. The van der Waals surface area contributed by atoms with Crippen molar-refractivity contribution < 1.29 is 9.90 Å². The monoisotopic (exact) mass is 270 g/mol. The number of aromatic carboxylic acids is 1. The molecule has 1 aliphatic rings. The minimum atomic E-state index is -0.921. The van der Waals surface area contributed by atoms with Crippen molar-refractivity contribution in [2.75, 3.05) is 19.6 Å². The zero-order chi connectivity index (χ0) is 13.1. The normalized spacial score (nSPS) is 18.1. The van der Waals surface area contributed by atoms with Crippen LogP contribution < -0.4 is 0 Å². The van der Waals surface area contributed by atoms with Crippen LogP contribution in [-0.4, -0.2) is 40.2 Å². The highest BCUT2D eigenvalue weighted by atomic mass is 35.5. The summed E-state index contributed by atoms with van der Waals surface area (Å²) in [7, 11) is 0. The topological polar surface area (TPSA) is 45.5 Å². The van der Waals surface area contributed by atoms with Crippen molar-refractivity contribution >= 4 is 17.6 Å². The van der Waals surface area contributed by atoms with E-state index >= 15 is 0 Å². The molecule has 100 valence electrons. The Kier molecular flexibility index (Phi) is 4.30. The summed E-state index contributed by atoms with van der Waals surface area (Å²) in [6.07, 6.45) is 4.26. The molecule has 2 heterocycles. The average molecular weight is 271 g/mol. The predicted molar refractivity (Wildman–Crippen MR) is 71.2 cm³/mol. The van der Waals surface area contributed by atoms with E-state index in [4.69, 9.17) is 16.7 Å². The standard InChI is InChI=1S/C13H19ClN2O2/c1-10(7-15-4-2-3-5-15)8-16-9-11(14)6-12(16)13(17)18/h6,9-10H,2-5,7-8H2,1H3,(H,17,18). The average Bonchev–Trinajstić information content (AvgIpc) is 2.88. The molecule has 1 atom stereocenters. The Labute approximate surface area is 112 Å². The van der Waals surface area contributed by atoms with E-state index < -0.39 is 5.97 Å². The van der Waals surface area contributed by atoms with Gasteiger partial charge in [-0.25, -0.2) is 4.79 Å². The summed E-state index contributed by atoms with van der Waals surface area (Å²) in [6, 6.07) is 1.51. The van der Waals surface area contributed by atoms with Crippen LogP contribution in [0.25, 0.3) is 0 Å². The molecular weight excluding hydrogens is 252 g/mol. The Morgan fingerprint density at radius 1 is 1.44 bits per heavy atom. The van der Waals surface area contributed by atoms with Gasteiger partial charge in [-0.3, -0.25) is 0 Å². The maximum absolute atomic E-state index is 11.1. The molecular formula is C13H19ClN2O2. The first-order valence-corrected chi connectivity index (χ1v) is 6.75. The van der Waals surface area contributed by atoms with Crippen molar-refractivity contribution in [2.24, 2.45) is 5.92 Å². The highest BCUT2D eigenvalue weighted by molar-refractivity contribution is 6.30. The minimum Gasteiger partial charge on any atom is -0.477 e. The van der Waals surface area contributed by atoms with Crippen LogP contribution in [0, 0.1) is 5.92 Å². The molecule has 5 heteroatoms. The van der Waals surface area contributed by atoms with Gasteiger partial charge in [0.05, 0.1) is 5.02 Å². The van der Waals surface area contributed by atoms with Gasteiger partial charge in [-0.05, 0) is 37.9 Å². The van der Waals surface area contributed by atoms with Crippen molar-refractivity contribution in [1.29, 1.82) is 0 Å². The molecule has 1 aromatic heterocycles. The van der Waals surface area contributed by atoms with Gasteiger partial charge in [-0.15, -0.1) is 0 Å². The summed E-state index contributed by atoms with van der Waals surface area (Å²) in [5, 5.41) is 9.57. The predicted octanol–water partition coefficient (Wildman–Crippen LogP) is 2.57. The number of halogens is 1. The second-order valence-electron chi connectivity index (χ2n) is 5.11. The Hall–Kier alpha value is -1.00. The molecule has 0 bridgehead atoms. The fourth-order valence-corrected chi connectivity index (χ4v) is 2.83. The van der Waals surface area contributed by atoms with Gasteiger partial charge in [0.15, 0.2) is 0 Å². The van der Waals surface area contributed by atoms with Crippen molar-refractivity contribution in [3.8, 4) is 0 Å². The van der Waals surface area contributed by atoms with Crippen LogP contribution >= 0.6 is 11.6 Å². The zero-order valence-electron chi connectivity index (χ0n) is 10.6. The second kappa shape index (κ2) is 5.76. The third kappa shape index (κ3) is 3.27. The molecule has 1 saturated heterocycles. The molecule has 1 N–H and O–H groups in total. The van der Waals surface area contributed by atoms with Crippen LogP contribution in [-0.2, 0) is 6.54 Å². The van der Waals surface area contributed by atoms with E-state index in [1.165, 1.54) is 32.0 Å². The smallest absolute Gasteiger partial charge is 0.352 e. The van der Waals surface area contributed by atoms with E-state index in [0.29, 0.717) is 17.5 Å². The van der Waals surface area contributed by atoms with Crippen LogP contribution in [0.3, 0.4) is 0 Å². The molecule has 0 saturated carbocycles. The summed E-state index contributed by atoms with van der Waals surface area (Å²) >= 11 is 5.87. The van der Waals surface area contributed by atoms with E-state index in [2.05, 4.69) is 11.8 Å². The van der Waals surface area contributed by atoms with E-state index in [1.54, 1.807) is 10.8 Å². The van der Waals surface area contributed by atoms with E-state index in [9.17, 15) is 4.79 Å². The third-order valence-corrected chi connectivity index (χ3v) is 3.57. The number of hydrogen-bond donors (Lipinski definition) is 1. The third-order valence-electron chi connectivity index (χ3n) is 3.36. The van der Waals surface area contributed by atoms with E-state index in [1.807, 2.05) is 0 Å². The molecule has 1 aromatic rings. The maximum Gasteiger partial charge on any atom is 0.352 e. The lowest BCUT2D eigenvalue weighted by Crippen LogP contribution is -2.28. The number of aromatic nitrogens is 1. The lowest BCUT2D eigenvalue weighted by atomic mass is 10.1. The first-order valence-electron chi connectivity index (χ1n) is 6.37. The fourth-order valence-electron chi connectivity index (χ4n) is 2.60. The van der Waals surface area contributed by atoms with Gasteiger partial charge in [-0.1, -0.05) is 18.5 Å². The zero-order valence-corrected chi connectivity index (χ0v) is 11.4. The Morgan fingerprint density at radius 3 is 2.72 bits per heavy atom. The number of hydrogen-bond acceptors (Lipinski definition) is 2. The van der Waals surface area contributed by atoms with Crippen molar-refractivity contribution in [3.63, 3.8) is 0 Å². The second-order valence-corrected chi connectivity index (χ2v) is 5.55. The van der Waals surface area contributed by atoms with Crippen LogP contribution in [0.15, 0.2) is 12.3 Å². The number of rotatable bonds is 5. The van der Waals surface area contributed by atoms with Crippen LogP contribution in [0.5, 0.6) is 0 Å². The summed E-state index contributed by atoms with van der Waals surface area (Å²) in [4.78, 5) is 13.5. The van der Waals surface area contributed by atoms with E-state index in [0.717, 1.165) is 6.54 Å². The van der Waals surface area contributed by atoms with Crippen LogP contribution in [0.1, 0.15) is 30.3 Å². The number of likely N-dealkylation sites (tertiary alicyclic amines) is 1. The summed E-state index contributed by atoms with van der Waals surface area (Å²) in [5.41, 5.74) is 0.272. The van der Waals surface area contributed by atoms with Gasteiger partial charge in [0.2, 0.25) is 0 Å². The van der Waals surface area contributed by atoms with E-state index in [-0.39, 0.29) is 5.69 Å². The van der Waals surface area contributed by atoms with Crippen molar-refractivity contribution in [1.82, 2.24) is 9.47 Å². The first-order chi connectivity index (χ1) is 8.56. The molecule has 0 aromatic carbocycles. The Bertz CT molecular complexity index is 425. The number of carboxylic acids is 1. The Balaban J connectivity index is 1.97. The van der Waals surface area contributed by atoms with Gasteiger partial charge < -0.3 is 14.6 Å². The molecule has 1 fully saturated rings. The number of carbonyl (C=O) groups is 1. The van der Waals surface area contributed by atoms with Gasteiger partial charge in [0.1, 0.15) is 5.69 Å². The molecule has 4 nitrogen and oxygen atoms in total. The molecule has 2 rings (SSSR count). The minimum absolute atomic E-state index is 0.272. The van der Waals surface area contributed by atoms with Gasteiger partial charge in [0.25, 0.3) is 0 Å². The highest BCUT2D eigenvalue weighted by Crippen LogP contribution is 2.17. The quantitative estimate of drug-likeness (QED) is 0.894. The lowest BCUT2D eigenvalue weighted by molar-refractivity contribution is 0.0683. The molecule has 0 amide bonds. The van der Waals surface area contributed by atoms with Gasteiger partial charge >= 0.3 is 5.97 Å².